The first kappa shape index (κ1) is 96.1. The molecule has 2 unspecified atom stereocenters. The fourth-order valence-corrected chi connectivity index (χ4v) is 14.5. The van der Waals surface area contributed by atoms with Crippen LogP contribution in [0.5, 0.6) is 0 Å². The largest absolute Gasteiger partial charge is 0.466 e. The molecule has 0 aliphatic heterocycles. The van der Waals surface area contributed by atoms with E-state index in [0.29, 0.717) is 19.4 Å². The van der Waals surface area contributed by atoms with Gasteiger partial charge in [-0.25, -0.2) is 0 Å². The van der Waals surface area contributed by atoms with Gasteiger partial charge in [0.25, 0.3) is 0 Å². The highest BCUT2D eigenvalue weighted by molar-refractivity contribution is 5.76. The second-order valence-electron chi connectivity index (χ2n) is 31.3. The summed E-state index contributed by atoms with van der Waals surface area (Å²) < 4.78 is 5.52. The van der Waals surface area contributed by atoms with E-state index in [0.717, 1.165) is 38.5 Å². The lowest BCUT2D eigenvalue weighted by molar-refractivity contribution is -0.143. The van der Waals surface area contributed by atoms with Crippen molar-refractivity contribution in [2.45, 2.75) is 527 Å². The fraction of sp³-hybridized carbons (Fsp3) is 0.913. The van der Waals surface area contributed by atoms with Gasteiger partial charge in [-0.1, -0.05) is 455 Å². The number of hydrogen-bond acceptors (Lipinski definition) is 5. The van der Waals surface area contributed by atoms with Crippen molar-refractivity contribution in [2.24, 2.45) is 0 Å². The molecule has 2 atom stereocenters. The molecule has 0 fully saturated rings. The maximum atomic E-state index is 12.6. The van der Waals surface area contributed by atoms with Gasteiger partial charge in [0, 0.05) is 12.8 Å². The van der Waals surface area contributed by atoms with E-state index < -0.39 is 12.1 Å². The molecular formula is C92H177NO5. The lowest BCUT2D eigenvalue weighted by atomic mass is 10.0. The third-order valence-corrected chi connectivity index (χ3v) is 21.4. The van der Waals surface area contributed by atoms with Crippen molar-refractivity contribution in [3.63, 3.8) is 0 Å². The van der Waals surface area contributed by atoms with E-state index in [2.05, 4.69) is 43.5 Å². The third-order valence-electron chi connectivity index (χ3n) is 21.4. The Bertz CT molecular complexity index is 1590. The molecule has 6 heteroatoms. The maximum absolute atomic E-state index is 12.6. The molecule has 0 heterocycles. The second-order valence-corrected chi connectivity index (χ2v) is 31.3. The predicted molar refractivity (Wildman–Crippen MR) is 435 cm³/mol. The highest BCUT2D eigenvalue weighted by Crippen LogP contribution is 2.21. The standard InChI is InChI=1S/C92H177NO5/c1-3-5-7-9-11-13-15-17-19-21-23-24-42-45-49-52-56-60-64-68-72-76-80-84-90(95)89(88-94)93-91(96)85-81-77-73-69-65-61-57-53-50-46-43-40-38-36-34-32-30-28-26-25-27-29-31-33-35-37-39-41-44-47-51-55-59-63-67-71-75-79-83-87-98-92(97)86-82-78-74-70-66-62-58-54-48-22-20-18-16-14-12-10-8-6-4-2/h18,20,25-26,80,84,89-90,94-95H,3-17,19,21-24,27-79,81-83,85-88H2,1-2H3,(H,93,96)/b20-18-,26-25-,84-80+. The summed E-state index contributed by atoms with van der Waals surface area (Å²) >= 11 is 0. The molecule has 0 aromatic carbocycles. The molecular weight excluding hydrogens is 1200 g/mol. The van der Waals surface area contributed by atoms with Crippen LogP contribution in [0.15, 0.2) is 36.5 Å². The number of amides is 1. The molecule has 0 aliphatic rings. The van der Waals surface area contributed by atoms with Gasteiger partial charge < -0.3 is 20.3 Å². The Morgan fingerprint density at radius 2 is 0.480 bits per heavy atom. The first-order chi connectivity index (χ1) is 48.5. The van der Waals surface area contributed by atoms with Crippen LogP contribution < -0.4 is 5.32 Å². The highest BCUT2D eigenvalue weighted by Gasteiger charge is 2.18. The van der Waals surface area contributed by atoms with Gasteiger partial charge in [-0.15, -0.1) is 0 Å². The number of ether oxygens (including phenoxy) is 1. The third kappa shape index (κ3) is 83.0. The number of aliphatic hydroxyl groups excluding tert-OH is 2. The van der Waals surface area contributed by atoms with E-state index in [1.54, 1.807) is 6.08 Å². The molecule has 580 valence electrons. The minimum atomic E-state index is -0.843. The van der Waals surface area contributed by atoms with Gasteiger partial charge >= 0.3 is 5.97 Å². The highest BCUT2D eigenvalue weighted by atomic mass is 16.5. The monoisotopic (exact) mass is 1380 g/mol. The van der Waals surface area contributed by atoms with E-state index in [1.165, 1.54) is 449 Å². The normalized spacial score (nSPS) is 12.6. The zero-order valence-corrected chi connectivity index (χ0v) is 66.8. The lowest BCUT2D eigenvalue weighted by Crippen LogP contribution is -2.45. The van der Waals surface area contributed by atoms with Crippen LogP contribution in [-0.4, -0.2) is 47.4 Å². The van der Waals surface area contributed by atoms with Crippen LogP contribution in [0.25, 0.3) is 0 Å². The molecule has 0 saturated heterocycles. The van der Waals surface area contributed by atoms with Gasteiger partial charge in [0.15, 0.2) is 0 Å². The quantitative estimate of drug-likeness (QED) is 0.0320. The van der Waals surface area contributed by atoms with Crippen LogP contribution in [-0.2, 0) is 14.3 Å². The Labute approximate surface area is 614 Å². The Morgan fingerprint density at radius 1 is 0.276 bits per heavy atom. The molecule has 0 saturated carbocycles. The number of aliphatic hydroxyl groups is 2. The van der Waals surface area contributed by atoms with Crippen LogP contribution in [0.1, 0.15) is 515 Å². The number of esters is 1. The molecule has 3 N–H and O–H groups in total. The predicted octanol–water partition coefficient (Wildman–Crippen LogP) is 30.5. The molecule has 0 rings (SSSR count). The summed E-state index contributed by atoms with van der Waals surface area (Å²) in [6.45, 7) is 4.96. The van der Waals surface area contributed by atoms with Crippen molar-refractivity contribution in [3.8, 4) is 0 Å². The molecule has 0 aliphatic carbocycles. The van der Waals surface area contributed by atoms with Crippen molar-refractivity contribution in [3.05, 3.63) is 36.5 Å². The molecule has 6 nitrogen and oxygen atoms in total. The van der Waals surface area contributed by atoms with Crippen molar-refractivity contribution < 1.29 is 24.5 Å². The van der Waals surface area contributed by atoms with Gasteiger partial charge in [0.2, 0.25) is 5.91 Å². The van der Waals surface area contributed by atoms with E-state index >= 15 is 0 Å². The maximum Gasteiger partial charge on any atom is 0.305 e. The van der Waals surface area contributed by atoms with Gasteiger partial charge in [-0.3, -0.25) is 9.59 Å². The summed E-state index contributed by atoms with van der Waals surface area (Å²) in [4.78, 5) is 24.7. The lowest BCUT2D eigenvalue weighted by Gasteiger charge is -2.20. The molecule has 98 heavy (non-hydrogen) atoms. The molecule has 0 bridgehead atoms. The van der Waals surface area contributed by atoms with Crippen LogP contribution in [0.2, 0.25) is 0 Å². The number of rotatable bonds is 86. The van der Waals surface area contributed by atoms with Crippen LogP contribution >= 0.6 is 0 Å². The molecule has 0 spiro atoms. The number of unbranched alkanes of at least 4 members (excludes halogenated alkanes) is 71. The van der Waals surface area contributed by atoms with Gasteiger partial charge in [-0.05, 0) is 83.5 Å². The number of hydrogen-bond donors (Lipinski definition) is 3. The van der Waals surface area contributed by atoms with Crippen LogP contribution in [0.4, 0.5) is 0 Å². The first-order valence-electron chi connectivity index (χ1n) is 45.3. The van der Waals surface area contributed by atoms with Gasteiger partial charge in [0.05, 0.1) is 25.4 Å². The number of nitrogens with one attached hydrogen (secondary N) is 1. The Hall–Kier alpha value is -1.92. The minimum absolute atomic E-state index is 0.0230. The van der Waals surface area contributed by atoms with E-state index in [1.807, 2.05) is 6.08 Å². The SMILES string of the molecule is CCCCCCCC/C=C\CCCCCCCCCCCC(=O)OCCCCCCCCCCCCCCCCCCCC/C=C\CCCCCCCCCCCCCCCCCCCC(=O)NC(CO)C(O)/C=C/CCCCCCCCCCCCCCCCCCCCCCC. The van der Waals surface area contributed by atoms with Crippen LogP contribution in [0, 0.1) is 0 Å². The van der Waals surface area contributed by atoms with Crippen LogP contribution in [0.3, 0.4) is 0 Å². The summed E-state index contributed by atoms with van der Waals surface area (Å²) in [6, 6.07) is -0.626. The minimum Gasteiger partial charge on any atom is -0.466 e. The van der Waals surface area contributed by atoms with Gasteiger partial charge in [-0.2, -0.15) is 0 Å². The van der Waals surface area contributed by atoms with Crippen molar-refractivity contribution in [1.82, 2.24) is 5.32 Å². The molecule has 0 radical (unpaired) electrons. The molecule has 1 amide bonds. The average molecular weight is 1380 g/mol. The zero-order valence-electron chi connectivity index (χ0n) is 66.8. The van der Waals surface area contributed by atoms with Crippen molar-refractivity contribution >= 4 is 11.9 Å². The molecule has 0 aromatic heterocycles. The summed E-state index contributed by atoms with van der Waals surface area (Å²) in [5.41, 5.74) is 0. The topological polar surface area (TPSA) is 95.9 Å². The molecule has 0 aromatic rings. The average Bonchev–Trinajstić information content (AvgIpc) is 1.77. The number of allylic oxidation sites excluding steroid dienone is 5. The number of carbonyl (C=O) groups is 2. The number of carbonyl (C=O) groups excluding carboxylic acids is 2. The van der Waals surface area contributed by atoms with Crippen molar-refractivity contribution in [2.75, 3.05) is 13.2 Å². The zero-order chi connectivity index (χ0) is 70.5. The van der Waals surface area contributed by atoms with E-state index in [-0.39, 0.29) is 18.5 Å². The van der Waals surface area contributed by atoms with E-state index in [4.69, 9.17) is 4.74 Å². The Balaban J connectivity index is 3.34. The second kappa shape index (κ2) is 87.5. The summed E-state index contributed by atoms with van der Waals surface area (Å²) in [7, 11) is 0. The first-order valence-corrected chi connectivity index (χ1v) is 45.3. The Morgan fingerprint density at radius 3 is 0.724 bits per heavy atom. The summed E-state index contributed by atoms with van der Waals surface area (Å²) in [5, 5.41) is 23.3. The Kier molecular flexibility index (Phi) is 85.8. The fourth-order valence-electron chi connectivity index (χ4n) is 14.5. The summed E-state index contributed by atoms with van der Waals surface area (Å²) in [5.74, 6) is -0.0351. The van der Waals surface area contributed by atoms with Crippen molar-refractivity contribution in [1.29, 1.82) is 0 Å². The van der Waals surface area contributed by atoms with E-state index in [9.17, 15) is 19.8 Å². The smallest absolute Gasteiger partial charge is 0.305 e. The van der Waals surface area contributed by atoms with Gasteiger partial charge in [0.1, 0.15) is 0 Å². The summed E-state index contributed by atoms with van der Waals surface area (Å²) in [6.07, 6.45) is 116.